The number of nitrogens with one attached hydrogen (secondary N) is 1. The average Bonchev–Trinajstić information content (AvgIpc) is 3.16. The summed E-state index contributed by atoms with van der Waals surface area (Å²) in [4.78, 5) is 22.5. The standard InChI is InChI=1S/C15H18N4O3S2/c1-2-19(12-5-7-24(21,22)10-12)15(20)18-14-17-13(9-23-14)11-4-3-6-16-8-11/h3-4,6,8-9,12H,2,5,7,10H2,1H3,(H,17,18,20). The van der Waals surface area contributed by atoms with E-state index in [2.05, 4.69) is 15.3 Å². The van der Waals surface area contributed by atoms with Gasteiger partial charge in [0.05, 0.1) is 17.2 Å². The third-order valence-corrected chi connectivity index (χ3v) is 6.43. The molecule has 0 spiro atoms. The molecule has 1 atom stereocenters. The molecule has 2 amide bonds. The van der Waals surface area contributed by atoms with Crippen LogP contribution in [0.2, 0.25) is 0 Å². The molecule has 0 aliphatic carbocycles. The van der Waals surface area contributed by atoms with Gasteiger partial charge in [-0.15, -0.1) is 11.3 Å². The number of carbonyl (C=O) groups excluding carboxylic acids is 1. The Kier molecular flexibility index (Phi) is 4.81. The third-order valence-electron chi connectivity index (χ3n) is 3.93. The molecule has 128 valence electrons. The van der Waals surface area contributed by atoms with Crippen molar-refractivity contribution < 1.29 is 13.2 Å². The lowest BCUT2D eigenvalue weighted by atomic mass is 10.2. The van der Waals surface area contributed by atoms with Crippen LogP contribution >= 0.6 is 11.3 Å². The summed E-state index contributed by atoms with van der Waals surface area (Å²) in [6.45, 7) is 2.29. The van der Waals surface area contributed by atoms with Crippen LogP contribution in [0.4, 0.5) is 9.93 Å². The number of thiazole rings is 1. The van der Waals surface area contributed by atoms with Crippen molar-refractivity contribution >= 4 is 32.3 Å². The molecule has 1 N–H and O–H groups in total. The number of urea groups is 1. The first-order chi connectivity index (χ1) is 11.5. The molecule has 1 saturated heterocycles. The highest BCUT2D eigenvalue weighted by Gasteiger charge is 2.34. The maximum absolute atomic E-state index is 12.5. The molecule has 0 bridgehead atoms. The predicted molar refractivity (Wildman–Crippen MR) is 93.8 cm³/mol. The molecule has 7 nitrogen and oxygen atoms in total. The number of anilines is 1. The van der Waals surface area contributed by atoms with Crippen LogP contribution < -0.4 is 5.32 Å². The van der Waals surface area contributed by atoms with Gasteiger partial charge < -0.3 is 4.90 Å². The van der Waals surface area contributed by atoms with Crippen molar-refractivity contribution in [2.24, 2.45) is 0 Å². The minimum atomic E-state index is -3.03. The summed E-state index contributed by atoms with van der Waals surface area (Å²) in [6, 6.07) is 3.14. The van der Waals surface area contributed by atoms with Gasteiger partial charge in [0.15, 0.2) is 15.0 Å². The molecule has 3 heterocycles. The van der Waals surface area contributed by atoms with Crippen LogP contribution in [0.5, 0.6) is 0 Å². The van der Waals surface area contributed by atoms with Crippen molar-refractivity contribution in [1.82, 2.24) is 14.9 Å². The Balaban J connectivity index is 1.69. The highest BCUT2D eigenvalue weighted by molar-refractivity contribution is 7.91. The zero-order chi connectivity index (χ0) is 17.2. The van der Waals surface area contributed by atoms with Crippen LogP contribution in [-0.2, 0) is 9.84 Å². The van der Waals surface area contributed by atoms with Crippen LogP contribution in [0.3, 0.4) is 0 Å². The molecule has 0 aromatic carbocycles. The number of hydrogen-bond donors (Lipinski definition) is 1. The monoisotopic (exact) mass is 366 g/mol. The van der Waals surface area contributed by atoms with E-state index >= 15 is 0 Å². The van der Waals surface area contributed by atoms with Crippen LogP contribution in [0.1, 0.15) is 13.3 Å². The molecule has 1 aliphatic heterocycles. The van der Waals surface area contributed by atoms with Gasteiger partial charge in [0.1, 0.15) is 0 Å². The zero-order valence-electron chi connectivity index (χ0n) is 13.2. The van der Waals surface area contributed by atoms with Crippen molar-refractivity contribution in [2.45, 2.75) is 19.4 Å². The van der Waals surface area contributed by atoms with Gasteiger partial charge in [-0.25, -0.2) is 18.2 Å². The number of sulfone groups is 1. The molecule has 1 fully saturated rings. The first kappa shape index (κ1) is 16.8. The van der Waals surface area contributed by atoms with Gasteiger partial charge in [-0.05, 0) is 25.5 Å². The van der Waals surface area contributed by atoms with Gasteiger partial charge in [-0.2, -0.15) is 0 Å². The highest BCUT2D eigenvalue weighted by atomic mass is 32.2. The molecule has 24 heavy (non-hydrogen) atoms. The number of nitrogens with zero attached hydrogens (tertiary/aromatic N) is 3. The van der Waals surface area contributed by atoms with E-state index in [1.807, 2.05) is 24.4 Å². The molecular formula is C15H18N4O3S2. The van der Waals surface area contributed by atoms with E-state index < -0.39 is 9.84 Å². The van der Waals surface area contributed by atoms with Crippen LogP contribution in [0, 0.1) is 0 Å². The van der Waals surface area contributed by atoms with E-state index in [1.165, 1.54) is 11.3 Å². The number of hydrogen-bond acceptors (Lipinski definition) is 6. The fraction of sp³-hybridized carbons (Fsp3) is 0.400. The Morgan fingerprint density at radius 1 is 1.50 bits per heavy atom. The van der Waals surface area contributed by atoms with E-state index in [0.29, 0.717) is 18.1 Å². The second kappa shape index (κ2) is 6.86. The summed E-state index contributed by atoms with van der Waals surface area (Å²) in [7, 11) is -3.03. The van der Waals surface area contributed by atoms with Gasteiger partial charge >= 0.3 is 6.03 Å². The van der Waals surface area contributed by atoms with Crippen molar-refractivity contribution in [1.29, 1.82) is 0 Å². The highest BCUT2D eigenvalue weighted by Crippen LogP contribution is 2.25. The minimum absolute atomic E-state index is 0.0348. The molecule has 9 heteroatoms. The average molecular weight is 366 g/mol. The Bertz CT molecular complexity index is 820. The molecule has 1 aliphatic rings. The Morgan fingerprint density at radius 3 is 2.96 bits per heavy atom. The van der Waals surface area contributed by atoms with Crippen molar-refractivity contribution in [2.75, 3.05) is 23.4 Å². The fourth-order valence-electron chi connectivity index (χ4n) is 2.73. The maximum atomic E-state index is 12.5. The summed E-state index contributed by atoms with van der Waals surface area (Å²) < 4.78 is 23.3. The number of amides is 2. The SMILES string of the molecule is CCN(C(=O)Nc1nc(-c2cccnc2)cs1)C1CCS(=O)(=O)C1. The van der Waals surface area contributed by atoms with Gasteiger partial charge in [-0.1, -0.05) is 0 Å². The predicted octanol–water partition coefficient (Wildman–Crippen LogP) is 2.25. The minimum Gasteiger partial charge on any atom is -0.321 e. The van der Waals surface area contributed by atoms with Crippen LogP contribution in [-0.4, -0.2) is 53.4 Å². The molecule has 3 rings (SSSR count). The lowest BCUT2D eigenvalue weighted by Gasteiger charge is -2.26. The lowest BCUT2D eigenvalue weighted by molar-refractivity contribution is 0.197. The number of rotatable bonds is 4. The largest absolute Gasteiger partial charge is 0.323 e. The first-order valence-corrected chi connectivity index (χ1v) is 10.3. The van der Waals surface area contributed by atoms with E-state index in [9.17, 15) is 13.2 Å². The topological polar surface area (TPSA) is 92.3 Å². The maximum Gasteiger partial charge on any atom is 0.323 e. The van der Waals surface area contributed by atoms with Gasteiger partial charge in [0, 0.05) is 35.9 Å². The van der Waals surface area contributed by atoms with Gasteiger partial charge in [0.2, 0.25) is 0 Å². The van der Waals surface area contributed by atoms with E-state index in [1.54, 1.807) is 17.3 Å². The summed E-state index contributed by atoms with van der Waals surface area (Å²) in [5.41, 5.74) is 1.62. The summed E-state index contributed by atoms with van der Waals surface area (Å²) in [5.74, 6) is 0.177. The molecule has 0 saturated carbocycles. The Labute approximate surface area is 144 Å². The number of pyridine rings is 1. The molecule has 2 aromatic rings. The molecular weight excluding hydrogens is 348 g/mol. The van der Waals surface area contributed by atoms with Gasteiger partial charge in [0.25, 0.3) is 0 Å². The Hall–Kier alpha value is -2.00. The van der Waals surface area contributed by atoms with Crippen molar-refractivity contribution in [3.8, 4) is 11.3 Å². The van der Waals surface area contributed by atoms with E-state index in [0.717, 1.165) is 11.3 Å². The Morgan fingerprint density at radius 2 is 2.33 bits per heavy atom. The third kappa shape index (κ3) is 3.73. The molecule has 1 unspecified atom stereocenters. The van der Waals surface area contributed by atoms with Crippen LogP contribution in [0.25, 0.3) is 11.3 Å². The lowest BCUT2D eigenvalue weighted by Crippen LogP contribution is -2.43. The summed E-state index contributed by atoms with van der Waals surface area (Å²) >= 11 is 1.33. The normalized spacial score (nSPS) is 19.1. The van der Waals surface area contributed by atoms with Crippen molar-refractivity contribution in [3.05, 3.63) is 29.9 Å². The van der Waals surface area contributed by atoms with E-state index in [-0.39, 0.29) is 23.6 Å². The van der Waals surface area contributed by atoms with Gasteiger partial charge in [-0.3, -0.25) is 10.3 Å². The second-order valence-corrected chi connectivity index (χ2v) is 8.64. The number of carbonyl (C=O) groups is 1. The summed E-state index contributed by atoms with van der Waals surface area (Å²) in [5, 5.41) is 5.10. The molecule has 2 aromatic heterocycles. The molecule has 0 radical (unpaired) electrons. The van der Waals surface area contributed by atoms with E-state index in [4.69, 9.17) is 0 Å². The number of aromatic nitrogens is 2. The van der Waals surface area contributed by atoms with Crippen LogP contribution in [0.15, 0.2) is 29.9 Å². The quantitative estimate of drug-likeness (QED) is 0.896. The smallest absolute Gasteiger partial charge is 0.321 e. The first-order valence-electron chi connectivity index (χ1n) is 7.62. The zero-order valence-corrected chi connectivity index (χ0v) is 14.8. The summed E-state index contributed by atoms with van der Waals surface area (Å²) in [6.07, 6.45) is 3.89. The van der Waals surface area contributed by atoms with Crippen molar-refractivity contribution in [3.63, 3.8) is 0 Å². The fourth-order valence-corrected chi connectivity index (χ4v) is 5.17. The second-order valence-electron chi connectivity index (χ2n) is 5.55.